The van der Waals surface area contributed by atoms with Crippen LogP contribution in [-0.4, -0.2) is 24.9 Å². The lowest BCUT2D eigenvalue weighted by Crippen LogP contribution is -2.03. The van der Waals surface area contributed by atoms with Gasteiger partial charge in [0.25, 0.3) is 0 Å². The standard InChI is InChI=1S/C14H12N6/c1-9-16-8-7-11(17-9)13-18-12(19-14(15)20-13)10-5-3-2-4-6-10/h2-8H,1H3,(H2,15,18,19,20). The number of nitrogens with zero attached hydrogens (tertiary/aromatic N) is 5. The fourth-order valence-electron chi connectivity index (χ4n) is 1.80. The zero-order valence-electron chi connectivity index (χ0n) is 10.9. The Kier molecular flexibility index (Phi) is 3.04. The van der Waals surface area contributed by atoms with E-state index in [9.17, 15) is 0 Å². The van der Waals surface area contributed by atoms with Crippen LogP contribution in [-0.2, 0) is 0 Å². The Labute approximate surface area is 115 Å². The summed E-state index contributed by atoms with van der Waals surface area (Å²) in [5, 5.41) is 0. The number of benzene rings is 1. The Morgan fingerprint density at radius 3 is 2.35 bits per heavy atom. The van der Waals surface area contributed by atoms with Gasteiger partial charge in [-0.05, 0) is 13.0 Å². The minimum Gasteiger partial charge on any atom is -0.368 e. The van der Waals surface area contributed by atoms with E-state index in [2.05, 4.69) is 24.9 Å². The van der Waals surface area contributed by atoms with Crippen LogP contribution in [0.5, 0.6) is 0 Å². The molecule has 2 aromatic heterocycles. The first-order chi connectivity index (χ1) is 9.72. The highest BCUT2D eigenvalue weighted by molar-refractivity contribution is 5.60. The molecule has 1 aromatic carbocycles. The number of rotatable bonds is 2. The molecule has 0 aliphatic carbocycles. The predicted molar refractivity (Wildman–Crippen MR) is 75.4 cm³/mol. The van der Waals surface area contributed by atoms with Gasteiger partial charge in [-0.1, -0.05) is 30.3 Å². The zero-order chi connectivity index (χ0) is 13.9. The number of hydrogen-bond acceptors (Lipinski definition) is 6. The van der Waals surface area contributed by atoms with Crippen molar-refractivity contribution in [2.24, 2.45) is 0 Å². The lowest BCUT2D eigenvalue weighted by atomic mass is 10.2. The summed E-state index contributed by atoms with van der Waals surface area (Å²) in [6, 6.07) is 11.4. The first-order valence-corrected chi connectivity index (χ1v) is 6.09. The van der Waals surface area contributed by atoms with Crippen LogP contribution in [0.15, 0.2) is 42.6 Å². The van der Waals surface area contributed by atoms with Gasteiger partial charge in [0.2, 0.25) is 5.95 Å². The quantitative estimate of drug-likeness (QED) is 0.760. The molecule has 0 saturated heterocycles. The third-order valence-corrected chi connectivity index (χ3v) is 2.69. The van der Waals surface area contributed by atoms with Gasteiger partial charge in [-0.2, -0.15) is 9.97 Å². The van der Waals surface area contributed by atoms with Gasteiger partial charge >= 0.3 is 0 Å². The summed E-state index contributed by atoms with van der Waals surface area (Å²) < 4.78 is 0. The lowest BCUT2D eigenvalue weighted by Gasteiger charge is -2.04. The molecular weight excluding hydrogens is 252 g/mol. The van der Waals surface area contributed by atoms with Gasteiger partial charge in [-0.25, -0.2) is 15.0 Å². The molecule has 3 rings (SSSR count). The van der Waals surface area contributed by atoms with Gasteiger partial charge < -0.3 is 5.73 Å². The number of nitrogens with two attached hydrogens (primary N) is 1. The highest BCUT2D eigenvalue weighted by Crippen LogP contribution is 2.19. The highest BCUT2D eigenvalue weighted by atomic mass is 15.1. The maximum atomic E-state index is 5.77. The molecule has 3 aromatic rings. The molecule has 0 aliphatic rings. The Bertz CT molecular complexity index is 742. The second kappa shape index (κ2) is 5.00. The van der Waals surface area contributed by atoms with Gasteiger partial charge in [0.1, 0.15) is 11.5 Å². The molecule has 0 fully saturated rings. The van der Waals surface area contributed by atoms with Crippen LogP contribution >= 0.6 is 0 Å². The van der Waals surface area contributed by atoms with E-state index in [-0.39, 0.29) is 5.95 Å². The fourth-order valence-corrected chi connectivity index (χ4v) is 1.80. The van der Waals surface area contributed by atoms with E-state index in [0.717, 1.165) is 5.56 Å². The molecule has 2 heterocycles. The van der Waals surface area contributed by atoms with Gasteiger partial charge in [0.05, 0.1) is 0 Å². The van der Waals surface area contributed by atoms with Crippen LogP contribution in [0.3, 0.4) is 0 Å². The van der Waals surface area contributed by atoms with Crippen molar-refractivity contribution in [2.45, 2.75) is 6.92 Å². The van der Waals surface area contributed by atoms with Crippen molar-refractivity contribution < 1.29 is 0 Å². The van der Waals surface area contributed by atoms with Crippen molar-refractivity contribution in [3.63, 3.8) is 0 Å². The maximum Gasteiger partial charge on any atom is 0.224 e. The predicted octanol–water partition coefficient (Wildman–Crippen LogP) is 1.89. The molecular formula is C14H12N6. The van der Waals surface area contributed by atoms with Gasteiger partial charge in [0, 0.05) is 11.8 Å². The molecule has 0 atom stereocenters. The topological polar surface area (TPSA) is 90.5 Å². The van der Waals surface area contributed by atoms with Gasteiger partial charge in [-0.15, -0.1) is 0 Å². The summed E-state index contributed by atoms with van der Waals surface area (Å²) in [7, 11) is 0. The second-order valence-corrected chi connectivity index (χ2v) is 4.20. The Hall–Kier alpha value is -2.89. The molecule has 0 spiro atoms. The van der Waals surface area contributed by atoms with E-state index in [1.165, 1.54) is 0 Å². The molecule has 0 radical (unpaired) electrons. The average molecular weight is 264 g/mol. The van der Waals surface area contributed by atoms with E-state index >= 15 is 0 Å². The number of nitrogen functional groups attached to an aromatic ring is 1. The summed E-state index contributed by atoms with van der Waals surface area (Å²) in [6.45, 7) is 1.81. The number of anilines is 1. The maximum absolute atomic E-state index is 5.77. The SMILES string of the molecule is Cc1nccc(-c2nc(N)nc(-c3ccccc3)n2)n1. The third-order valence-electron chi connectivity index (χ3n) is 2.69. The van der Waals surface area contributed by atoms with Gasteiger partial charge in [-0.3, -0.25) is 0 Å². The zero-order valence-corrected chi connectivity index (χ0v) is 10.9. The molecule has 98 valence electrons. The van der Waals surface area contributed by atoms with E-state index in [1.807, 2.05) is 37.3 Å². The van der Waals surface area contributed by atoms with E-state index < -0.39 is 0 Å². The Morgan fingerprint density at radius 2 is 1.60 bits per heavy atom. The van der Waals surface area contributed by atoms with Crippen molar-refractivity contribution in [1.82, 2.24) is 24.9 Å². The van der Waals surface area contributed by atoms with Crippen molar-refractivity contribution >= 4 is 5.95 Å². The minimum absolute atomic E-state index is 0.171. The molecule has 6 nitrogen and oxygen atoms in total. The summed E-state index contributed by atoms with van der Waals surface area (Å²) in [5.74, 6) is 1.80. The van der Waals surface area contributed by atoms with E-state index in [1.54, 1.807) is 12.3 Å². The second-order valence-electron chi connectivity index (χ2n) is 4.20. The Balaban J connectivity index is 2.12. The molecule has 0 saturated carbocycles. The molecule has 0 bridgehead atoms. The van der Waals surface area contributed by atoms with Crippen LogP contribution < -0.4 is 5.73 Å². The van der Waals surface area contributed by atoms with E-state index in [0.29, 0.717) is 23.2 Å². The molecule has 0 unspecified atom stereocenters. The first kappa shape index (κ1) is 12.2. The molecule has 2 N–H and O–H groups in total. The lowest BCUT2D eigenvalue weighted by molar-refractivity contribution is 1.02. The number of aromatic nitrogens is 5. The van der Waals surface area contributed by atoms with Crippen molar-refractivity contribution in [1.29, 1.82) is 0 Å². The first-order valence-electron chi connectivity index (χ1n) is 6.09. The van der Waals surface area contributed by atoms with Crippen LogP contribution in [0.25, 0.3) is 22.9 Å². The normalized spacial score (nSPS) is 10.4. The fraction of sp³-hybridized carbons (Fsp3) is 0.0714. The molecule has 0 amide bonds. The smallest absolute Gasteiger partial charge is 0.224 e. The van der Waals surface area contributed by atoms with Crippen molar-refractivity contribution in [2.75, 3.05) is 5.73 Å². The highest BCUT2D eigenvalue weighted by Gasteiger charge is 2.09. The van der Waals surface area contributed by atoms with Crippen molar-refractivity contribution in [3.8, 4) is 22.9 Å². The van der Waals surface area contributed by atoms with Crippen LogP contribution in [0.1, 0.15) is 5.82 Å². The van der Waals surface area contributed by atoms with Gasteiger partial charge in [0.15, 0.2) is 11.6 Å². The van der Waals surface area contributed by atoms with Crippen LogP contribution in [0.4, 0.5) is 5.95 Å². The van der Waals surface area contributed by atoms with Crippen LogP contribution in [0.2, 0.25) is 0 Å². The monoisotopic (exact) mass is 264 g/mol. The molecule has 20 heavy (non-hydrogen) atoms. The summed E-state index contributed by atoms with van der Waals surface area (Å²) in [5.41, 5.74) is 7.28. The molecule has 0 aliphatic heterocycles. The summed E-state index contributed by atoms with van der Waals surface area (Å²) in [4.78, 5) is 21.1. The number of aryl methyl sites for hydroxylation is 1. The third kappa shape index (κ3) is 2.44. The van der Waals surface area contributed by atoms with E-state index in [4.69, 9.17) is 5.73 Å². The van der Waals surface area contributed by atoms with Crippen LogP contribution in [0, 0.1) is 6.92 Å². The number of hydrogen-bond donors (Lipinski definition) is 1. The average Bonchev–Trinajstić information content (AvgIpc) is 2.47. The molecule has 6 heteroatoms. The minimum atomic E-state index is 0.171. The summed E-state index contributed by atoms with van der Waals surface area (Å²) >= 11 is 0. The summed E-state index contributed by atoms with van der Waals surface area (Å²) in [6.07, 6.45) is 1.67. The Morgan fingerprint density at radius 1 is 0.850 bits per heavy atom. The largest absolute Gasteiger partial charge is 0.368 e. The van der Waals surface area contributed by atoms with Crippen molar-refractivity contribution in [3.05, 3.63) is 48.4 Å².